The third kappa shape index (κ3) is 5.29. The highest BCUT2D eigenvalue weighted by molar-refractivity contribution is 5.77. The van der Waals surface area contributed by atoms with E-state index in [1.807, 2.05) is 36.4 Å². The Balaban J connectivity index is 1.59. The third-order valence-electron chi connectivity index (χ3n) is 5.21. The van der Waals surface area contributed by atoms with E-state index in [2.05, 4.69) is 42.2 Å². The maximum Gasteiger partial charge on any atom is 0.261 e. The largest absolute Gasteiger partial charge is 0.352 e. The molecule has 0 aliphatic rings. The van der Waals surface area contributed by atoms with Gasteiger partial charge in [-0.15, -0.1) is 0 Å². The predicted octanol–water partition coefficient (Wildman–Crippen LogP) is 2.94. The van der Waals surface area contributed by atoms with Crippen LogP contribution in [0.2, 0.25) is 0 Å². The molecular formula is C23H28N4O2. The summed E-state index contributed by atoms with van der Waals surface area (Å²) < 4.78 is 1.49. The van der Waals surface area contributed by atoms with E-state index in [4.69, 9.17) is 0 Å². The molecule has 0 aliphatic carbocycles. The number of benzene rings is 2. The van der Waals surface area contributed by atoms with Gasteiger partial charge in [-0.05, 0) is 44.2 Å². The fourth-order valence-electron chi connectivity index (χ4n) is 3.11. The lowest BCUT2D eigenvalue weighted by Crippen LogP contribution is -2.29. The second kappa shape index (κ2) is 9.47. The molecule has 1 amide bonds. The lowest BCUT2D eigenvalue weighted by atomic mass is 10.1. The average molecular weight is 393 g/mol. The van der Waals surface area contributed by atoms with E-state index < -0.39 is 0 Å². The highest BCUT2D eigenvalue weighted by atomic mass is 16.1. The molecule has 3 rings (SSSR count). The van der Waals surface area contributed by atoms with Gasteiger partial charge in [0.05, 0.1) is 17.2 Å². The first-order valence-electron chi connectivity index (χ1n) is 9.93. The molecule has 0 bridgehead atoms. The topological polar surface area (TPSA) is 67.2 Å². The molecule has 0 unspecified atom stereocenters. The molecule has 2 aromatic carbocycles. The smallest absolute Gasteiger partial charge is 0.261 e. The first-order valence-corrected chi connectivity index (χ1v) is 9.93. The number of rotatable bonds is 8. The zero-order valence-electron chi connectivity index (χ0n) is 17.3. The van der Waals surface area contributed by atoms with Gasteiger partial charge in [-0.1, -0.05) is 36.4 Å². The highest BCUT2D eigenvalue weighted by Crippen LogP contribution is 2.12. The molecule has 1 N–H and O–H groups in total. The number of carbonyl (C=O) groups excluding carboxylic acids is 1. The van der Waals surface area contributed by atoms with Crippen molar-refractivity contribution in [2.45, 2.75) is 45.9 Å². The molecule has 1 aromatic heterocycles. The van der Waals surface area contributed by atoms with Crippen LogP contribution in [0.3, 0.4) is 0 Å². The molecule has 0 saturated heterocycles. The number of aromatic nitrogens is 2. The van der Waals surface area contributed by atoms with E-state index in [1.54, 1.807) is 6.07 Å². The van der Waals surface area contributed by atoms with Crippen LogP contribution in [0.5, 0.6) is 0 Å². The average Bonchev–Trinajstić information content (AvgIpc) is 2.72. The summed E-state index contributed by atoms with van der Waals surface area (Å²) in [6.07, 6.45) is 1.74. The number of fused-ring (bicyclic) bond motifs is 1. The summed E-state index contributed by atoms with van der Waals surface area (Å²) in [5.41, 5.74) is 2.86. The van der Waals surface area contributed by atoms with E-state index in [1.165, 1.54) is 16.5 Å². The Kier molecular flexibility index (Phi) is 6.77. The van der Waals surface area contributed by atoms with Crippen molar-refractivity contribution in [3.8, 4) is 0 Å². The fraction of sp³-hybridized carbons (Fsp3) is 0.348. The van der Waals surface area contributed by atoms with Crippen LogP contribution in [0.4, 0.5) is 0 Å². The Bertz CT molecular complexity index is 1040. The van der Waals surface area contributed by atoms with Crippen LogP contribution in [0.15, 0.2) is 59.7 Å². The minimum Gasteiger partial charge on any atom is -0.352 e. The molecule has 29 heavy (non-hydrogen) atoms. The minimum absolute atomic E-state index is 0.0860. The molecule has 6 nitrogen and oxygen atoms in total. The quantitative estimate of drug-likeness (QED) is 0.640. The van der Waals surface area contributed by atoms with Gasteiger partial charge in [0.15, 0.2) is 0 Å². The highest BCUT2D eigenvalue weighted by Gasteiger charge is 2.10. The molecular weight excluding hydrogens is 364 g/mol. The number of hydrogen-bond donors (Lipinski definition) is 1. The summed E-state index contributed by atoms with van der Waals surface area (Å²) in [6.45, 7) is 5.94. The van der Waals surface area contributed by atoms with Gasteiger partial charge in [0, 0.05) is 32.1 Å². The van der Waals surface area contributed by atoms with E-state index in [-0.39, 0.29) is 17.9 Å². The van der Waals surface area contributed by atoms with Gasteiger partial charge in [0.2, 0.25) is 5.91 Å². The van der Waals surface area contributed by atoms with E-state index >= 15 is 0 Å². The Morgan fingerprint density at radius 1 is 1.10 bits per heavy atom. The number of carbonyl (C=O) groups is 1. The van der Waals surface area contributed by atoms with Gasteiger partial charge < -0.3 is 5.32 Å². The maximum atomic E-state index is 12.5. The molecule has 0 radical (unpaired) electrons. The molecule has 3 aromatic rings. The number of hydrogen-bond acceptors (Lipinski definition) is 4. The van der Waals surface area contributed by atoms with Crippen LogP contribution in [0, 0.1) is 0 Å². The first kappa shape index (κ1) is 20.7. The number of nitrogens with zero attached hydrogens (tertiary/aromatic N) is 3. The van der Waals surface area contributed by atoms with Crippen molar-refractivity contribution in [3.05, 3.63) is 76.3 Å². The molecule has 0 aliphatic heterocycles. The monoisotopic (exact) mass is 392 g/mol. The molecule has 0 atom stereocenters. The van der Waals surface area contributed by atoms with Crippen LogP contribution >= 0.6 is 0 Å². The van der Waals surface area contributed by atoms with Gasteiger partial charge in [0.25, 0.3) is 5.56 Å². The number of nitrogens with one attached hydrogen (secondary N) is 1. The zero-order chi connectivity index (χ0) is 20.8. The van der Waals surface area contributed by atoms with Crippen LogP contribution in [0.1, 0.15) is 31.4 Å². The zero-order valence-corrected chi connectivity index (χ0v) is 17.3. The standard InChI is InChI=1S/C23H28N4O2/c1-17(2)26(3)15-19-9-5-4-8-18(19)14-24-22(28)12-13-27-16-25-21-11-7-6-10-20(21)23(27)29/h4-11,16-17H,12-15H2,1-3H3,(H,24,28). The Labute approximate surface area is 171 Å². The van der Waals surface area contributed by atoms with Gasteiger partial charge in [-0.3, -0.25) is 19.1 Å². The number of para-hydroxylation sites is 1. The normalized spacial score (nSPS) is 11.3. The summed E-state index contributed by atoms with van der Waals surface area (Å²) in [5, 5.41) is 3.54. The lowest BCUT2D eigenvalue weighted by Gasteiger charge is -2.22. The molecule has 0 fully saturated rings. The summed E-state index contributed by atoms with van der Waals surface area (Å²) in [4.78, 5) is 31.4. The van der Waals surface area contributed by atoms with Crippen LogP contribution in [-0.4, -0.2) is 33.4 Å². The summed E-state index contributed by atoms with van der Waals surface area (Å²) in [7, 11) is 2.09. The summed E-state index contributed by atoms with van der Waals surface area (Å²) in [6, 6.07) is 15.8. The Morgan fingerprint density at radius 3 is 2.55 bits per heavy atom. The van der Waals surface area contributed by atoms with Gasteiger partial charge >= 0.3 is 0 Å². The van der Waals surface area contributed by atoms with Crippen molar-refractivity contribution in [2.75, 3.05) is 7.05 Å². The van der Waals surface area contributed by atoms with Crippen molar-refractivity contribution in [2.24, 2.45) is 0 Å². The van der Waals surface area contributed by atoms with E-state index in [0.29, 0.717) is 30.0 Å². The maximum absolute atomic E-state index is 12.5. The first-order chi connectivity index (χ1) is 14.0. The lowest BCUT2D eigenvalue weighted by molar-refractivity contribution is -0.121. The SMILES string of the molecule is CC(C)N(C)Cc1ccccc1CNC(=O)CCn1cnc2ccccc2c1=O. The Morgan fingerprint density at radius 2 is 1.79 bits per heavy atom. The Hall–Kier alpha value is -2.99. The van der Waals surface area contributed by atoms with Gasteiger partial charge in [0.1, 0.15) is 0 Å². The van der Waals surface area contributed by atoms with E-state index in [0.717, 1.165) is 12.1 Å². The fourth-order valence-corrected chi connectivity index (χ4v) is 3.11. The van der Waals surface area contributed by atoms with Crippen molar-refractivity contribution in [3.63, 3.8) is 0 Å². The van der Waals surface area contributed by atoms with Gasteiger partial charge in [-0.25, -0.2) is 4.98 Å². The second-order valence-corrected chi connectivity index (χ2v) is 7.56. The predicted molar refractivity (Wildman–Crippen MR) is 116 cm³/mol. The molecule has 6 heteroatoms. The summed E-state index contributed by atoms with van der Waals surface area (Å²) in [5.74, 6) is -0.0860. The number of aryl methyl sites for hydroxylation is 1. The second-order valence-electron chi connectivity index (χ2n) is 7.56. The van der Waals surface area contributed by atoms with Gasteiger partial charge in [-0.2, -0.15) is 0 Å². The number of amides is 1. The van der Waals surface area contributed by atoms with Crippen molar-refractivity contribution in [1.82, 2.24) is 19.8 Å². The van der Waals surface area contributed by atoms with Crippen LogP contribution < -0.4 is 10.9 Å². The molecule has 152 valence electrons. The molecule has 0 saturated carbocycles. The van der Waals surface area contributed by atoms with Crippen molar-refractivity contribution >= 4 is 16.8 Å². The molecule has 0 spiro atoms. The van der Waals surface area contributed by atoms with Crippen molar-refractivity contribution < 1.29 is 4.79 Å². The third-order valence-corrected chi connectivity index (χ3v) is 5.21. The van der Waals surface area contributed by atoms with Crippen LogP contribution in [0.25, 0.3) is 10.9 Å². The molecule has 1 heterocycles. The van der Waals surface area contributed by atoms with E-state index in [9.17, 15) is 9.59 Å². The minimum atomic E-state index is -0.120. The van der Waals surface area contributed by atoms with Crippen LogP contribution in [-0.2, 0) is 24.4 Å². The van der Waals surface area contributed by atoms with Crippen molar-refractivity contribution in [1.29, 1.82) is 0 Å². The summed E-state index contributed by atoms with van der Waals surface area (Å²) >= 11 is 0.